The molecule has 2 aliphatic rings. The maximum absolute atomic E-state index is 13.6. The summed E-state index contributed by atoms with van der Waals surface area (Å²) in [6, 6.07) is 14.9. The molecule has 2 aromatic rings. The first-order chi connectivity index (χ1) is 18.1. The number of alkyl halides is 3. The van der Waals surface area contributed by atoms with Gasteiger partial charge in [0.2, 0.25) is 5.91 Å². The van der Waals surface area contributed by atoms with Gasteiger partial charge in [-0.3, -0.25) is 19.3 Å². The van der Waals surface area contributed by atoms with E-state index in [1.807, 2.05) is 12.1 Å². The molecule has 0 spiro atoms. The van der Waals surface area contributed by atoms with Crippen LogP contribution in [0.2, 0.25) is 0 Å². The van der Waals surface area contributed by atoms with Crippen molar-refractivity contribution in [1.29, 1.82) is 5.26 Å². The van der Waals surface area contributed by atoms with Gasteiger partial charge in [0.15, 0.2) is 0 Å². The monoisotopic (exact) mass is 542 g/mol. The number of allylic oxidation sites excluding steroid dienone is 1. The molecule has 2 heterocycles. The van der Waals surface area contributed by atoms with Crippen molar-refractivity contribution in [1.82, 2.24) is 10.2 Å². The van der Waals surface area contributed by atoms with E-state index in [0.717, 1.165) is 34.4 Å². The topological polar surface area (TPSA) is 126 Å². The average molecular weight is 543 g/mol. The van der Waals surface area contributed by atoms with Crippen molar-refractivity contribution in [3.63, 3.8) is 0 Å². The van der Waals surface area contributed by atoms with E-state index < -0.39 is 40.7 Å². The Hall–Kier alpha value is -4.24. The number of hydrogen-bond donors (Lipinski definition) is 2. The molecular formula is C26H21F3N4O4S. The van der Waals surface area contributed by atoms with Gasteiger partial charge in [0.25, 0.3) is 5.91 Å². The molecular weight excluding hydrogens is 521 g/mol. The molecule has 0 saturated carbocycles. The van der Waals surface area contributed by atoms with Crippen LogP contribution in [0.4, 0.5) is 13.2 Å². The number of nitriles is 1. The predicted octanol–water partition coefficient (Wildman–Crippen LogP) is 3.53. The number of methoxy groups -OCH3 is 1. The number of rotatable bonds is 6. The molecule has 0 aromatic heterocycles. The van der Waals surface area contributed by atoms with Crippen molar-refractivity contribution in [3.8, 4) is 6.07 Å². The van der Waals surface area contributed by atoms with Crippen LogP contribution >= 0.6 is 11.8 Å². The third-order valence-electron chi connectivity index (χ3n) is 6.09. The Labute approximate surface area is 219 Å². The number of fused-ring (bicyclic) bond motifs is 1. The molecule has 1 saturated heterocycles. The van der Waals surface area contributed by atoms with Crippen LogP contribution < -0.4 is 11.1 Å². The van der Waals surface area contributed by atoms with Crippen LogP contribution in [-0.4, -0.2) is 35.0 Å². The number of hydrogen-bond acceptors (Lipinski definition) is 7. The van der Waals surface area contributed by atoms with Gasteiger partial charge in [-0.25, -0.2) is 0 Å². The molecule has 4 rings (SSSR count). The minimum atomic E-state index is -4.59. The second-order valence-corrected chi connectivity index (χ2v) is 9.60. The lowest BCUT2D eigenvalue weighted by molar-refractivity contribution is -0.142. The van der Waals surface area contributed by atoms with Crippen LogP contribution in [0.3, 0.4) is 0 Å². The molecule has 38 heavy (non-hydrogen) atoms. The Morgan fingerprint density at radius 3 is 2.39 bits per heavy atom. The summed E-state index contributed by atoms with van der Waals surface area (Å²) in [5.41, 5.74) is 6.11. The summed E-state index contributed by atoms with van der Waals surface area (Å²) in [7, 11) is 1.17. The van der Waals surface area contributed by atoms with E-state index in [2.05, 4.69) is 10.1 Å². The third-order valence-corrected chi connectivity index (χ3v) is 7.37. The first-order valence-corrected chi connectivity index (χ1v) is 12.1. The largest absolute Gasteiger partial charge is 0.469 e. The summed E-state index contributed by atoms with van der Waals surface area (Å²) in [6.07, 6.45) is -4.89. The lowest BCUT2D eigenvalue weighted by Crippen LogP contribution is -2.40. The van der Waals surface area contributed by atoms with E-state index in [4.69, 9.17) is 5.73 Å². The molecule has 2 aromatic carbocycles. The molecule has 2 atom stereocenters. The van der Waals surface area contributed by atoms with Crippen LogP contribution in [0, 0.1) is 11.3 Å². The summed E-state index contributed by atoms with van der Waals surface area (Å²) in [4.78, 5) is 39.7. The summed E-state index contributed by atoms with van der Waals surface area (Å²) < 4.78 is 44.2. The van der Waals surface area contributed by atoms with E-state index in [1.165, 1.54) is 19.2 Å². The number of esters is 1. The van der Waals surface area contributed by atoms with Crippen LogP contribution in [0.15, 0.2) is 76.6 Å². The highest BCUT2D eigenvalue weighted by molar-refractivity contribution is 8.04. The van der Waals surface area contributed by atoms with Crippen molar-refractivity contribution in [3.05, 3.63) is 93.3 Å². The van der Waals surface area contributed by atoms with Gasteiger partial charge < -0.3 is 15.8 Å². The molecule has 196 valence electrons. The highest BCUT2D eigenvalue weighted by Gasteiger charge is 2.48. The van der Waals surface area contributed by atoms with Gasteiger partial charge in [-0.05, 0) is 23.3 Å². The molecule has 2 amide bonds. The zero-order valence-electron chi connectivity index (χ0n) is 19.9. The zero-order valence-corrected chi connectivity index (χ0v) is 20.7. The molecule has 2 aliphatic heterocycles. The number of nitrogens with one attached hydrogen (secondary N) is 1. The van der Waals surface area contributed by atoms with E-state index >= 15 is 0 Å². The Bertz CT molecular complexity index is 1380. The minimum Gasteiger partial charge on any atom is -0.469 e. The summed E-state index contributed by atoms with van der Waals surface area (Å²) >= 11 is 0.917. The van der Waals surface area contributed by atoms with Crippen LogP contribution in [0.25, 0.3) is 0 Å². The lowest BCUT2D eigenvalue weighted by Gasteiger charge is -2.32. The number of benzene rings is 2. The number of halogens is 3. The Morgan fingerprint density at radius 2 is 1.82 bits per heavy atom. The minimum absolute atomic E-state index is 0.0304. The number of nitrogens with zero attached hydrogens (tertiary/aromatic N) is 2. The number of amides is 2. The summed E-state index contributed by atoms with van der Waals surface area (Å²) in [6.45, 7) is 0.113. The fourth-order valence-electron chi connectivity index (χ4n) is 4.22. The SMILES string of the molecule is COC(=O)C[C@H]1SC2=C(C(=O)NCc3ccccc3)[C@@H](c3ccc(C(F)(F)F)cc3)C(C#N)=C(N)N2C1=O. The molecule has 0 bridgehead atoms. The number of carbonyl (C=O) groups excluding carboxylic acids is 3. The third kappa shape index (κ3) is 5.10. The van der Waals surface area contributed by atoms with Crippen LogP contribution in [0.5, 0.6) is 0 Å². The lowest BCUT2D eigenvalue weighted by atomic mass is 9.82. The van der Waals surface area contributed by atoms with Crippen LogP contribution in [-0.2, 0) is 31.8 Å². The van der Waals surface area contributed by atoms with E-state index in [9.17, 15) is 32.8 Å². The first kappa shape index (κ1) is 26.8. The quantitative estimate of drug-likeness (QED) is 0.535. The fraction of sp³-hybridized carbons (Fsp3) is 0.231. The van der Waals surface area contributed by atoms with Gasteiger partial charge in [0, 0.05) is 6.54 Å². The number of thioether (sulfide) groups is 1. The summed E-state index contributed by atoms with van der Waals surface area (Å²) in [5.74, 6) is -3.31. The zero-order chi connectivity index (χ0) is 27.6. The Morgan fingerprint density at radius 1 is 1.16 bits per heavy atom. The van der Waals surface area contributed by atoms with Gasteiger partial charge in [-0.2, -0.15) is 18.4 Å². The highest BCUT2D eigenvalue weighted by Crippen LogP contribution is 2.50. The highest BCUT2D eigenvalue weighted by atomic mass is 32.2. The number of carbonyl (C=O) groups is 3. The predicted molar refractivity (Wildman–Crippen MR) is 131 cm³/mol. The average Bonchev–Trinajstić information content (AvgIpc) is 3.22. The van der Waals surface area contributed by atoms with Crippen molar-refractivity contribution >= 4 is 29.5 Å². The van der Waals surface area contributed by atoms with Gasteiger partial charge in [0.05, 0.1) is 47.3 Å². The maximum Gasteiger partial charge on any atom is 0.416 e. The Balaban J connectivity index is 1.82. The first-order valence-electron chi connectivity index (χ1n) is 11.3. The van der Waals surface area contributed by atoms with Crippen LogP contribution in [0.1, 0.15) is 29.0 Å². The van der Waals surface area contributed by atoms with Crippen molar-refractivity contribution in [2.45, 2.75) is 30.3 Å². The molecule has 0 aliphatic carbocycles. The van der Waals surface area contributed by atoms with E-state index in [0.29, 0.717) is 0 Å². The van der Waals surface area contributed by atoms with Gasteiger partial charge in [0.1, 0.15) is 11.1 Å². The van der Waals surface area contributed by atoms with Crippen molar-refractivity contribution < 1.29 is 32.3 Å². The van der Waals surface area contributed by atoms with E-state index in [-0.39, 0.29) is 40.5 Å². The van der Waals surface area contributed by atoms with Gasteiger partial charge in [-0.15, -0.1) is 0 Å². The second-order valence-electron chi connectivity index (χ2n) is 8.41. The molecule has 0 unspecified atom stereocenters. The molecule has 3 N–H and O–H groups in total. The smallest absolute Gasteiger partial charge is 0.416 e. The fourth-order valence-corrected chi connectivity index (χ4v) is 5.54. The van der Waals surface area contributed by atoms with E-state index in [1.54, 1.807) is 24.3 Å². The van der Waals surface area contributed by atoms with Gasteiger partial charge >= 0.3 is 12.1 Å². The molecule has 8 nitrogen and oxygen atoms in total. The van der Waals surface area contributed by atoms with Crippen molar-refractivity contribution in [2.75, 3.05) is 7.11 Å². The maximum atomic E-state index is 13.6. The molecule has 0 radical (unpaired) electrons. The number of nitrogens with two attached hydrogens (primary N) is 1. The normalized spacial score (nSPS) is 19.2. The van der Waals surface area contributed by atoms with Gasteiger partial charge in [-0.1, -0.05) is 54.2 Å². The number of ether oxygens (including phenoxy) is 1. The molecule has 12 heteroatoms. The summed E-state index contributed by atoms with van der Waals surface area (Å²) in [5, 5.41) is 11.9. The Kier molecular flexibility index (Phi) is 7.50. The molecule has 1 fully saturated rings. The second kappa shape index (κ2) is 10.6. The standard InChI is InChI=1S/C26H21F3N4O4S/c1-37-19(34)11-18-24(36)33-22(31)17(12-30)20(15-7-9-16(10-8-15)26(27,28)29)21(25(33)38-18)23(35)32-13-14-5-3-2-4-6-14/h2-10,18,20H,11,13,31H2,1H3,(H,32,35)/t18-,20+/m1/s1. The van der Waals surface area contributed by atoms with Crippen molar-refractivity contribution in [2.24, 2.45) is 5.73 Å².